The standard InChI is InChI=1S/C13H18BrNO2/c1-4-11(8(2)3)15-13(17)9-5-6-10(14)12(16)7-9/h5-8,11,16H,4H2,1-3H3,(H,15,17). The van der Waals surface area contributed by atoms with E-state index >= 15 is 0 Å². The maximum Gasteiger partial charge on any atom is 0.251 e. The molecule has 1 aromatic rings. The minimum absolute atomic E-state index is 0.0789. The first kappa shape index (κ1) is 14.0. The molecule has 0 bridgehead atoms. The highest BCUT2D eigenvalue weighted by Gasteiger charge is 2.15. The van der Waals surface area contributed by atoms with Gasteiger partial charge in [-0.05, 0) is 46.5 Å². The SMILES string of the molecule is CCC(NC(=O)c1ccc(Br)c(O)c1)C(C)C. The fraction of sp³-hybridized carbons (Fsp3) is 0.462. The van der Waals surface area contributed by atoms with Crippen molar-refractivity contribution in [1.82, 2.24) is 5.32 Å². The van der Waals surface area contributed by atoms with Crippen LogP contribution in [-0.4, -0.2) is 17.1 Å². The lowest BCUT2D eigenvalue weighted by molar-refractivity contribution is 0.0924. The summed E-state index contributed by atoms with van der Waals surface area (Å²) < 4.78 is 0.588. The number of amides is 1. The van der Waals surface area contributed by atoms with Crippen LogP contribution in [0.4, 0.5) is 0 Å². The van der Waals surface area contributed by atoms with Crippen molar-refractivity contribution in [3.05, 3.63) is 28.2 Å². The van der Waals surface area contributed by atoms with Crippen LogP contribution in [0.1, 0.15) is 37.6 Å². The molecule has 0 fully saturated rings. The van der Waals surface area contributed by atoms with Crippen LogP contribution >= 0.6 is 15.9 Å². The molecule has 0 aliphatic heterocycles. The molecule has 1 atom stereocenters. The van der Waals surface area contributed by atoms with Gasteiger partial charge >= 0.3 is 0 Å². The molecule has 17 heavy (non-hydrogen) atoms. The molecule has 1 aromatic carbocycles. The summed E-state index contributed by atoms with van der Waals surface area (Å²) in [6.45, 7) is 6.20. The Morgan fingerprint density at radius 2 is 2.12 bits per heavy atom. The molecule has 1 rings (SSSR count). The number of hydrogen-bond donors (Lipinski definition) is 2. The van der Waals surface area contributed by atoms with Gasteiger partial charge in [0, 0.05) is 11.6 Å². The summed E-state index contributed by atoms with van der Waals surface area (Å²) in [5.74, 6) is 0.330. The number of carbonyl (C=O) groups is 1. The maximum absolute atomic E-state index is 11.9. The monoisotopic (exact) mass is 299 g/mol. The number of rotatable bonds is 4. The van der Waals surface area contributed by atoms with Gasteiger partial charge in [-0.25, -0.2) is 0 Å². The second-order valence-electron chi connectivity index (χ2n) is 4.40. The zero-order chi connectivity index (χ0) is 13.0. The number of hydrogen-bond acceptors (Lipinski definition) is 2. The van der Waals surface area contributed by atoms with Crippen LogP contribution in [0.15, 0.2) is 22.7 Å². The van der Waals surface area contributed by atoms with E-state index in [2.05, 4.69) is 35.1 Å². The molecule has 94 valence electrons. The first-order chi connectivity index (χ1) is 7.95. The molecule has 0 aliphatic carbocycles. The summed E-state index contributed by atoms with van der Waals surface area (Å²) in [6, 6.07) is 4.98. The lowest BCUT2D eigenvalue weighted by atomic mass is 10.0. The van der Waals surface area contributed by atoms with Crippen molar-refractivity contribution in [2.75, 3.05) is 0 Å². The van der Waals surface area contributed by atoms with Crippen LogP contribution in [0.5, 0.6) is 5.75 Å². The van der Waals surface area contributed by atoms with Crippen molar-refractivity contribution in [2.45, 2.75) is 33.2 Å². The zero-order valence-corrected chi connectivity index (χ0v) is 11.9. The predicted molar refractivity (Wildman–Crippen MR) is 72.2 cm³/mol. The molecule has 0 saturated heterocycles. The predicted octanol–water partition coefficient (Wildman–Crippen LogP) is 3.32. The summed E-state index contributed by atoms with van der Waals surface area (Å²) >= 11 is 3.18. The van der Waals surface area contributed by atoms with E-state index in [-0.39, 0.29) is 17.7 Å². The van der Waals surface area contributed by atoms with Crippen LogP contribution in [0.3, 0.4) is 0 Å². The Balaban J connectivity index is 2.79. The number of aromatic hydroxyl groups is 1. The van der Waals surface area contributed by atoms with Gasteiger partial charge in [-0.1, -0.05) is 20.8 Å². The molecular formula is C13H18BrNO2. The van der Waals surface area contributed by atoms with Crippen molar-refractivity contribution in [1.29, 1.82) is 0 Å². The van der Waals surface area contributed by atoms with Crippen LogP contribution in [0.2, 0.25) is 0 Å². The van der Waals surface area contributed by atoms with Gasteiger partial charge in [0.25, 0.3) is 5.91 Å². The molecule has 0 saturated carbocycles. The number of nitrogens with one attached hydrogen (secondary N) is 1. The average Bonchev–Trinajstić information content (AvgIpc) is 2.28. The lowest BCUT2D eigenvalue weighted by Gasteiger charge is -2.20. The van der Waals surface area contributed by atoms with Crippen molar-refractivity contribution < 1.29 is 9.90 Å². The van der Waals surface area contributed by atoms with E-state index in [1.165, 1.54) is 6.07 Å². The molecule has 0 aliphatic rings. The van der Waals surface area contributed by atoms with E-state index in [4.69, 9.17) is 0 Å². The Hall–Kier alpha value is -1.03. The fourth-order valence-corrected chi connectivity index (χ4v) is 1.89. The minimum atomic E-state index is -0.145. The topological polar surface area (TPSA) is 49.3 Å². The van der Waals surface area contributed by atoms with Gasteiger partial charge in [-0.15, -0.1) is 0 Å². The Bertz CT molecular complexity index is 404. The van der Waals surface area contributed by atoms with E-state index < -0.39 is 0 Å². The third-order valence-electron chi connectivity index (χ3n) is 2.77. The first-order valence-electron chi connectivity index (χ1n) is 5.75. The van der Waals surface area contributed by atoms with Crippen molar-refractivity contribution in [3.63, 3.8) is 0 Å². The quantitative estimate of drug-likeness (QED) is 0.896. The van der Waals surface area contributed by atoms with Crippen molar-refractivity contribution in [3.8, 4) is 5.75 Å². The number of benzene rings is 1. The lowest BCUT2D eigenvalue weighted by Crippen LogP contribution is -2.37. The van der Waals surface area contributed by atoms with E-state index in [1.54, 1.807) is 12.1 Å². The Morgan fingerprint density at radius 3 is 2.59 bits per heavy atom. The maximum atomic E-state index is 11.9. The summed E-state index contributed by atoms with van der Waals surface area (Å²) in [5.41, 5.74) is 0.477. The van der Waals surface area contributed by atoms with Gasteiger partial charge in [0.15, 0.2) is 0 Å². The number of phenolic OH excluding ortho intramolecular Hbond substituents is 1. The highest BCUT2D eigenvalue weighted by molar-refractivity contribution is 9.10. The van der Waals surface area contributed by atoms with E-state index in [0.717, 1.165) is 6.42 Å². The summed E-state index contributed by atoms with van der Waals surface area (Å²) in [7, 11) is 0. The Labute approximate surface area is 110 Å². The molecule has 1 unspecified atom stereocenters. The molecule has 4 heteroatoms. The number of carbonyl (C=O) groups excluding carboxylic acids is 1. The largest absolute Gasteiger partial charge is 0.507 e. The molecule has 0 heterocycles. The third-order valence-corrected chi connectivity index (χ3v) is 3.44. The van der Waals surface area contributed by atoms with Gasteiger partial charge in [0.05, 0.1) is 4.47 Å². The van der Waals surface area contributed by atoms with Crippen LogP contribution < -0.4 is 5.32 Å². The second-order valence-corrected chi connectivity index (χ2v) is 5.25. The van der Waals surface area contributed by atoms with Gasteiger partial charge in [0.1, 0.15) is 5.75 Å². The zero-order valence-electron chi connectivity index (χ0n) is 10.3. The summed E-state index contributed by atoms with van der Waals surface area (Å²) in [5, 5.41) is 12.5. The third kappa shape index (κ3) is 3.73. The van der Waals surface area contributed by atoms with E-state index in [9.17, 15) is 9.90 Å². The minimum Gasteiger partial charge on any atom is -0.507 e. The highest BCUT2D eigenvalue weighted by atomic mass is 79.9. The van der Waals surface area contributed by atoms with Gasteiger partial charge < -0.3 is 10.4 Å². The van der Waals surface area contributed by atoms with Crippen molar-refractivity contribution >= 4 is 21.8 Å². The molecule has 0 spiro atoms. The Morgan fingerprint density at radius 1 is 1.47 bits per heavy atom. The second kappa shape index (κ2) is 6.05. The molecule has 1 amide bonds. The van der Waals surface area contributed by atoms with E-state index in [0.29, 0.717) is 16.0 Å². The molecule has 0 radical (unpaired) electrons. The molecular weight excluding hydrogens is 282 g/mol. The van der Waals surface area contributed by atoms with E-state index in [1.807, 2.05) is 6.92 Å². The first-order valence-corrected chi connectivity index (χ1v) is 6.54. The smallest absolute Gasteiger partial charge is 0.251 e. The number of halogens is 1. The van der Waals surface area contributed by atoms with Crippen LogP contribution in [0, 0.1) is 5.92 Å². The van der Waals surface area contributed by atoms with Crippen LogP contribution in [-0.2, 0) is 0 Å². The fourth-order valence-electron chi connectivity index (χ4n) is 1.65. The van der Waals surface area contributed by atoms with Gasteiger partial charge in [-0.2, -0.15) is 0 Å². The van der Waals surface area contributed by atoms with Crippen LogP contribution in [0.25, 0.3) is 0 Å². The Kier molecular flexibility index (Phi) is 5.00. The normalized spacial score (nSPS) is 12.5. The molecule has 3 nitrogen and oxygen atoms in total. The molecule has 0 aromatic heterocycles. The highest BCUT2D eigenvalue weighted by Crippen LogP contribution is 2.24. The summed E-state index contributed by atoms with van der Waals surface area (Å²) in [4.78, 5) is 11.9. The van der Waals surface area contributed by atoms with Crippen molar-refractivity contribution in [2.24, 2.45) is 5.92 Å². The average molecular weight is 300 g/mol. The van der Waals surface area contributed by atoms with Gasteiger partial charge in [0.2, 0.25) is 0 Å². The summed E-state index contributed by atoms with van der Waals surface area (Å²) in [6.07, 6.45) is 0.895. The van der Waals surface area contributed by atoms with Gasteiger partial charge in [-0.3, -0.25) is 4.79 Å². The molecule has 2 N–H and O–H groups in total. The number of phenols is 1.